The molecule has 1 rings (SSSR count). The average Bonchev–Trinajstić information content (AvgIpc) is 2.42. The van der Waals surface area contributed by atoms with Crippen molar-refractivity contribution >= 4 is 5.96 Å². The first-order valence-electron chi connectivity index (χ1n) is 7.61. The molecular weight excluding hydrogens is 238 g/mol. The largest absolute Gasteiger partial charge is 0.342 e. The minimum absolute atomic E-state index is 0.461. The Morgan fingerprint density at radius 1 is 1.21 bits per heavy atom. The van der Waals surface area contributed by atoms with Crippen molar-refractivity contribution in [3.63, 3.8) is 0 Å². The van der Waals surface area contributed by atoms with E-state index in [-0.39, 0.29) is 0 Å². The van der Waals surface area contributed by atoms with Crippen LogP contribution in [-0.4, -0.2) is 55.5 Å². The third-order valence-corrected chi connectivity index (χ3v) is 3.72. The smallest absolute Gasteiger partial charge is 0.208 e. The Morgan fingerprint density at radius 3 is 2.42 bits per heavy atom. The van der Waals surface area contributed by atoms with Gasteiger partial charge in [0.2, 0.25) is 5.96 Å². The van der Waals surface area contributed by atoms with Crippen molar-refractivity contribution in [1.82, 2.24) is 15.2 Å². The van der Waals surface area contributed by atoms with Crippen LogP contribution in [0.15, 0.2) is 4.99 Å². The molecule has 1 saturated carbocycles. The van der Waals surface area contributed by atoms with Gasteiger partial charge in [0.15, 0.2) is 0 Å². The first-order valence-corrected chi connectivity index (χ1v) is 7.61. The van der Waals surface area contributed by atoms with Crippen LogP contribution in [-0.2, 0) is 0 Å². The second kappa shape index (κ2) is 9.15. The van der Waals surface area contributed by atoms with Crippen LogP contribution in [0.5, 0.6) is 0 Å². The summed E-state index contributed by atoms with van der Waals surface area (Å²) in [6, 6.07) is 0.461. The Morgan fingerprint density at radius 2 is 1.89 bits per heavy atom. The van der Waals surface area contributed by atoms with Gasteiger partial charge in [0, 0.05) is 13.1 Å². The van der Waals surface area contributed by atoms with Gasteiger partial charge in [-0.25, -0.2) is 10.8 Å². The van der Waals surface area contributed by atoms with E-state index in [0.717, 1.165) is 32.0 Å². The van der Waals surface area contributed by atoms with Crippen molar-refractivity contribution in [3.8, 4) is 0 Å². The molecule has 1 aliphatic carbocycles. The summed E-state index contributed by atoms with van der Waals surface area (Å²) in [7, 11) is 4.21. The molecule has 0 aromatic carbocycles. The van der Waals surface area contributed by atoms with Gasteiger partial charge in [-0.2, -0.15) is 0 Å². The molecular formula is C14H31N5. The van der Waals surface area contributed by atoms with Crippen LogP contribution in [0.3, 0.4) is 0 Å². The maximum Gasteiger partial charge on any atom is 0.208 e. The van der Waals surface area contributed by atoms with Crippen LogP contribution in [0.1, 0.15) is 45.4 Å². The summed E-state index contributed by atoms with van der Waals surface area (Å²) in [5.74, 6) is 6.53. The van der Waals surface area contributed by atoms with Crippen molar-refractivity contribution in [2.24, 2.45) is 10.8 Å². The Hall–Kier alpha value is -0.810. The van der Waals surface area contributed by atoms with Gasteiger partial charge in [0.1, 0.15) is 0 Å². The van der Waals surface area contributed by atoms with E-state index in [1.165, 1.54) is 32.1 Å². The van der Waals surface area contributed by atoms with E-state index in [9.17, 15) is 0 Å². The third kappa shape index (κ3) is 6.25. The molecule has 1 fully saturated rings. The zero-order valence-corrected chi connectivity index (χ0v) is 12.9. The number of aliphatic imine (C=N–C) groups is 1. The molecule has 0 heterocycles. The van der Waals surface area contributed by atoms with E-state index in [2.05, 4.69) is 36.2 Å². The van der Waals surface area contributed by atoms with Gasteiger partial charge in [-0.15, -0.1) is 0 Å². The number of nitrogens with one attached hydrogen (secondary N) is 1. The molecule has 112 valence electrons. The highest BCUT2D eigenvalue weighted by molar-refractivity contribution is 5.79. The second-order valence-electron chi connectivity index (χ2n) is 5.63. The molecule has 0 aliphatic heterocycles. The molecule has 0 aromatic rings. The van der Waals surface area contributed by atoms with Gasteiger partial charge in [-0.3, -0.25) is 5.43 Å². The second-order valence-corrected chi connectivity index (χ2v) is 5.63. The maximum absolute atomic E-state index is 5.67. The van der Waals surface area contributed by atoms with Crippen LogP contribution in [0, 0.1) is 0 Å². The standard InChI is InChI=1S/C14H31N5/c1-4-19(12-8-11-18(2)3)14(17-15)16-13-9-6-5-7-10-13/h13H,4-12,15H2,1-3H3,(H,16,17). The van der Waals surface area contributed by atoms with Gasteiger partial charge < -0.3 is 9.80 Å². The van der Waals surface area contributed by atoms with Gasteiger partial charge in [0.25, 0.3) is 0 Å². The SMILES string of the molecule is CCN(CCCN(C)C)C(=NC1CCCCC1)NN. The molecule has 1 aliphatic rings. The van der Waals surface area contributed by atoms with Crippen LogP contribution >= 0.6 is 0 Å². The van der Waals surface area contributed by atoms with Crippen molar-refractivity contribution in [3.05, 3.63) is 0 Å². The van der Waals surface area contributed by atoms with Crippen LogP contribution in [0.2, 0.25) is 0 Å². The van der Waals surface area contributed by atoms with Gasteiger partial charge in [-0.1, -0.05) is 19.3 Å². The number of hydrogen-bond acceptors (Lipinski definition) is 3. The van der Waals surface area contributed by atoms with E-state index in [1.54, 1.807) is 0 Å². The lowest BCUT2D eigenvalue weighted by Gasteiger charge is -2.27. The summed E-state index contributed by atoms with van der Waals surface area (Å²) in [5.41, 5.74) is 2.80. The zero-order valence-electron chi connectivity index (χ0n) is 12.9. The zero-order chi connectivity index (χ0) is 14.1. The fourth-order valence-corrected chi connectivity index (χ4v) is 2.58. The summed E-state index contributed by atoms with van der Waals surface area (Å²) in [6.45, 7) is 5.20. The highest BCUT2D eigenvalue weighted by Gasteiger charge is 2.15. The number of nitrogens with zero attached hydrogens (tertiary/aromatic N) is 3. The normalized spacial score (nSPS) is 17.8. The monoisotopic (exact) mass is 269 g/mol. The van der Waals surface area contributed by atoms with Crippen LogP contribution < -0.4 is 11.3 Å². The van der Waals surface area contributed by atoms with Crippen molar-refractivity contribution in [2.45, 2.75) is 51.5 Å². The number of hydrogen-bond donors (Lipinski definition) is 2. The molecule has 19 heavy (non-hydrogen) atoms. The van der Waals surface area contributed by atoms with Crippen molar-refractivity contribution in [2.75, 3.05) is 33.7 Å². The molecule has 0 radical (unpaired) electrons. The molecule has 0 aromatic heterocycles. The molecule has 5 heteroatoms. The quantitative estimate of drug-likeness (QED) is 0.331. The summed E-state index contributed by atoms with van der Waals surface area (Å²) in [4.78, 5) is 9.27. The lowest BCUT2D eigenvalue weighted by Crippen LogP contribution is -2.46. The van der Waals surface area contributed by atoms with Crippen molar-refractivity contribution in [1.29, 1.82) is 0 Å². The van der Waals surface area contributed by atoms with E-state index in [4.69, 9.17) is 10.8 Å². The fourth-order valence-electron chi connectivity index (χ4n) is 2.58. The molecule has 0 spiro atoms. The van der Waals surface area contributed by atoms with E-state index >= 15 is 0 Å². The number of rotatable bonds is 6. The highest BCUT2D eigenvalue weighted by Crippen LogP contribution is 2.20. The third-order valence-electron chi connectivity index (χ3n) is 3.72. The molecule has 0 atom stereocenters. The molecule has 0 unspecified atom stereocenters. The van der Waals surface area contributed by atoms with Crippen molar-refractivity contribution < 1.29 is 0 Å². The number of hydrazine groups is 1. The average molecular weight is 269 g/mol. The molecule has 0 saturated heterocycles. The Kier molecular flexibility index (Phi) is 7.82. The Labute approximate surface area is 118 Å². The lowest BCUT2D eigenvalue weighted by molar-refractivity contribution is 0.345. The predicted molar refractivity (Wildman–Crippen MR) is 82.0 cm³/mol. The van der Waals surface area contributed by atoms with E-state index in [1.807, 2.05) is 0 Å². The fraction of sp³-hybridized carbons (Fsp3) is 0.929. The summed E-state index contributed by atoms with van der Waals surface area (Å²) in [5, 5.41) is 0. The predicted octanol–water partition coefficient (Wildman–Crippen LogP) is 1.41. The molecule has 5 nitrogen and oxygen atoms in total. The first kappa shape index (κ1) is 16.2. The molecule has 0 bridgehead atoms. The molecule has 3 N–H and O–H groups in total. The number of guanidine groups is 1. The summed E-state index contributed by atoms with van der Waals surface area (Å²) in [6.07, 6.45) is 7.52. The minimum Gasteiger partial charge on any atom is -0.342 e. The van der Waals surface area contributed by atoms with Crippen LogP contribution in [0.4, 0.5) is 0 Å². The summed E-state index contributed by atoms with van der Waals surface area (Å²) < 4.78 is 0. The maximum atomic E-state index is 5.67. The van der Waals surface area contributed by atoms with Gasteiger partial charge in [0.05, 0.1) is 6.04 Å². The number of nitrogens with two attached hydrogens (primary N) is 1. The topological polar surface area (TPSA) is 56.9 Å². The molecule has 0 amide bonds. The van der Waals surface area contributed by atoms with Gasteiger partial charge >= 0.3 is 0 Å². The van der Waals surface area contributed by atoms with Crippen LogP contribution in [0.25, 0.3) is 0 Å². The highest BCUT2D eigenvalue weighted by atomic mass is 15.4. The minimum atomic E-state index is 0.461. The summed E-state index contributed by atoms with van der Waals surface area (Å²) >= 11 is 0. The van der Waals surface area contributed by atoms with E-state index < -0.39 is 0 Å². The van der Waals surface area contributed by atoms with Gasteiger partial charge in [-0.05, 0) is 46.8 Å². The Balaban J connectivity index is 2.50. The van der Waals surface area contributed by atoms with E-state index in [0.29, 0.717) is 6.04 Å². The lowest BCUT2D eigenvalue weighted by atomic mass is 9.96. The Bertz CT molecular complexity index is 259. The first-order chi connectivity index (χ1) is 9.17.